The summed E-state index contributed by atoms with van der Waals surface area (Å²) in [6, 6.07) is 7.30. The summed E-state index contributed by atoms with van der Waals surface area (Å²) in [5, 5.41) is 3.42. The minimum Gasteiger partial charge on any atom is -0.434 e. The van der Waals surface area contributed by atoms with Crippen LogP contribution in [0.4, 0.5) is 8.78 Å². The molecule has 1 N–H and O–H groups in total. The number of nitrogens with one attached hydrogen (secondary N) is 1. The second-order valence-corrected chi connectivity index (χ2v) is 4.44. The summed E-state index contributed by atoms with van der Waals surface area (Å²) in [5.41, 5.74) is 0.768. The van der Waals surface area contributed by atoms with E-state index < -0.39 is 6.61 Å². The molecule has 1 aromatic rings. The van der Waals surface area contributed by atoms with Crippen LogP contribution in [0, 0.1) is 0 Å². The van der Waals surface area contributed by atoms with E-state index in [9.17, 15) is 8.78 Å². The minimum atomic E-state index is -2.79. The maximum Gasteiger partial charge on any atom is 0.387 e. The Morgan fingerprint density at radius 1 is 1.22 bits per heavy atom. The first-order chi connectivity index (χ1) is 8.66. The van der Waals surface area contributed by atoms with Crippen molar-refractivity contribution in [3.63, 3.8) is 0 Å². The molecule has 0 saturated carbocycles. The van der Waals surface area contributed by atoms with Gasteiger partial charge in [0.2, 0.25) is 0 Å². The highest BCUT2D eigenvalue weighted by atomic mass is 19.3. The third kappa shape index (κ3) is 3.29. The van der Waals surface area contributed by atoms with Crippen molar-refractivity contribution in [3.8, 4) is 5.75 Å². The number of alkyl halides is 2. The molecule has 2 nitrogen and oxygen atoms in total. The van der Waals surface area contributed by atoms with Gasteiger partial charge in [0.05, 0.1) is 0 Å². The Morgan fingerprint density at radius 3 is 2.56 bits per heavy atom. The Balaban J connectivity index is 2.06. The molecule has 0 fully saturated rings. The van der Waals surface area contributed by atoms with Crippen LogP contribution >= 0.6 is 0 Å². The molecule has 1 aliphatic carbocycles. The molecule has 1 aromatic carbocycles. The van der Waals surface area contributed by atoms with E-state index in [4.69, 9.17) is 0 Å². The van der Waals surface area contributed by atoms with Crippen molar-refractivity contribution < 1.29 is 13.5 Å². The molecule has 0 bridgehead atoms. The average molecular weight is 253 g/mol. The van der Waals surface area contributed by atoms with E-state index in [1.165, 1.54) is 0 Å². The smallest absolute Gasteiger partial charge is 0.387 e. The number of halogens is 2. The Hall–Kier alpha value is -1.42. The molecular weight excluding hydrogens is 236 g/mol. The van der Waals surface area contributed by atoms with Crippen molar-refractivity contribution in [2.45, 2.75) is 38.5 Å². The van der Waals surface area contributed by atoms with Crippen LogP contribution in [-0.4, -0.2) is 12.7 Å². The lowest BCUT2D eigenvalue weighted by molar-refractivity contribution is -0.0506. The first kappa shape index (κ1) is 13.0. The van der Waals surface area contributed by atoms with Crippen LogP contribution in [0.1, 0.15) is 31.4 Å². The summed E-state index contributed by atoms with van der Waals surface area (Å²) in [6.45, 7) is -0.821. The molecule has 0 aliphatic heterocycles. The van der Waals surface area contributed by atoms with Gasteiger partial charge in [0.25, 0.3) is 0 Å². The molecule has 2 rings (SSSR count). The molecular formula is C14H17F2NO. The van der Waals surface area contributed by atoms with Gasteiger partial charge in [0.1, 0.15) is 5.75 Å². The number of benzene rings is 1. The zero-order valence-corrected chi connectivity index (χ0v) is 10.3. The van der Waals surface area contributed by atoms with Gasteiger partial charge in [-0.3, -0.25) is 0 Å². The van der Waals surface area contributed by atoms with E-state index in [1.54, 1.807) is 12.1 Å². The molecule has 1 aliphatic rings. The third-order valence-electron chi connectivity index (χ3n) is 3.10. The lowest BCUT2D eigenvalue weighted by Gasteiger charge is -2.21. The molecule has 0 aromatic heterocycles. The van der Waals surface area contributed by atoms with Crippen molar-refractivity contribution in [1.82, 2.24) is 5.32 Å². The molecule has 0 heterocycles. The molecule has 1 unspecified atom stereocenters. The predicted octanol–water partition coefficient (Wildman–Crippen LogP) is 3.66. The van der Waals surface area contributed by atoms with E-state index in [0.29, 0.717) is 6.04 Å². The molecule has 4 heteroatoms. The maximum absolute atomic E-state index is 12.3. The normalized spacial score (nSPS) is 17.3. The fourth-order valence-corrected chi connectivity index (χ4v) is 2.24. The van der Waals surface area contributed by atoms with Crippen LogP contribution in [0.25, 0.3) is 0 Å². The van der Waals surface area contributed by atoms with Gasteiger partial charge in [-0.2, -0.15) is 8.78 Å². The topological polar surface area (TPSA) is 21.3 Å². The molecule has 18 heavy (non-hydrogen) atoms. The fourth-order valence-electron chi connectivity index (χ4n) is 2.24. The van der Waals surface area contributed by atoms with Gasteiger partial charge in [0.15, 0.2) is 0 Å². The minimum absolute atomic E-state index is 0.00940. The van der Waals surface area contributed by atoms with Gasteiger partial charge in [0, 0.05) is 17.6 Å². The van der Waals surface area contributed by atoms with Crippen molar-refractivity contribution in [2.75, 3.05) is 0 Å². The van der Waals surface area contributed by atoms with Crippen LogP contribution in [0.2, 0.25) is 0 Å². The number of para-hydroxylation sites is 1. The summed E-state index contributed by atoms with van der Waals surface area (Å²) < 4.78 is 29.2. The molecule has 0 radical (unpaired) electrons. The molecule has 1 atom stereocenters. The molecule has 0 amide bonds. The second-order valence-electron chi connectivity index (χ2n) is 4.44. The van der Waals surface area contributed by atoms with E-state index in [-0.39, 0.29) is 11.8 Å². The largest absolute Gasteiger partial charge is 0.434 e. The van der Waals surface area contributed by atoms with Crippen molar-refractivity contribution in [1.29, 1.82) is 0 Å². The van der Waals surface area contributed by atoms with E-state index >= 15 is 0 Å². The summed E-state index contributed by atoms with van der Waals surface area (Å²) in [5.74, 6) is 0.249. The standard InChI is InChI=1S/C14H17F2NO/c1-10(17-11-6-2-3-7-11)12-8-4-5-9-13(12)18-14(15)16/h2-5,8-11,14,17H,6-7H2,1H3. The summed E-state index contributed by atoms with van der Waals surface area (Å²) in [4.78, 5) is 0. The summed E-state index contributed by atoms with van der Waals surface area (Å²) in [6.07, 6.45) is 6.24. The predicted molar refractivity (Wildman–Crippen MR) is 66.8 cm³/mol. The van der Waals surface area contributed by atoms with Crippen LogP contribution in [0.15, 0.2) is 36.4 Å². The van der Waals surface area contributed by atoms with E-state index in [1.807, 2.05) is 19.1 Å². The Bertz CT molecular complexity index is 412. The Morgan fingerprint density at radius 2 is 1.89 bits per heavy atom. The molecule has 98 valence electrons. The zero-order chi connectivity index (χ0) is 13.0. The zero-order valence-electron chi connectivity index (χ0n) is 10.3. The quantitative estimate of drug-likeness (QED) is 0.809. The summed E-state index contributed by atoms with van der Waals surface area (Å²) >= 11 is 0. The number of ether oxygens (including phenoxy) is 1. The van der Waals surface area contributed by atoms with E-state index in [2.05, 4.69) is 22.2 Å². The first-order valence-electron chi connectivity index (χ1n) is 6.11. The third-order valence-corrected chi connectivity index (χ3v) is 3.10. The van der Waals surface area contributed by atoms with Crippen LogP contribution in [0.3, 0.4) is 0 Å². The highest BCUT2D eigenvalue weighted by molar-refractivity contribution is 5.35. The van der Waals surface area contributed by atoms with Crippen LogP contribution in [0.5, 0.6) is 5.75 Å². The van der Waals surface area contributed by atoms with Crippen molar-refractivity contribution >= 4 is 0 Å². The van der Waals surface area contributed by atoms with Crippen molar-refractivity contribution in [2.24, 2.45) is 0 Å². The van der Waals surface area contributed by atoms with Gasteiger partial charge in [-0.25, -0.2) is 0 Å². The van der Waals surface area contributed by atoms with Crippen LogP contribution < -0.4 is 10.1 Å². The van der Waals surface area contributed by atoms with Gasteiger partial charge in [-0.1, -0.05) is 30.4 Å². The van der Waals surface area contributed by atoms with Gasteiger partial charge >= 0.3 is 6.61 Å². The SMILES string of the molecule is CC(NC1CC=CC1)c1ccccc1OC(F)F. The van der Waals surface area contributed by atoms with Crippen LogP contribution in [-0.2, 0) is 0 Å². The number of hydrogen-bond donors (Lipinski definition) is 1. The summed E-state index contributed by atoms with van der Waals surface area (Å²) in [7, 11) is 0. The van der Waals surface area contributed by atoms with Gasteiger partial charge in [-0.05, 0) is 25.8 Å². The second kappa shape index (κ2) is 5.96. The van der Waals surface area contributed by atoms with Gasteiger partial charge < -0.3 is 10.1 Å². The lowest BCUT2D eigenvalue weighted by Crippen LogP contribution is -2.29. The number of rotatable bonds is 5. The highest BCUT2D eigenvalue weighted by Crippen LogP contribution is 2.27. The Kier molecular flexibility index (Phi) is 4.31. The van der Waals surface area contributed by atoms with Crippen molar-refractivity contribution in [3.05, 3.63) is 42.0 Å². The number of hydrogen-bond acceptors (Lipinski definition) is 2. The van der Waals surface area contributed by atoms with Gasteiger partial charge in [-0.15, -0.1) is 0 Å². The monoisotopic (exact) mass is 253 g/mol. The average Bonchev–Trinajstić information content (AvgIpc) is 2.81. The maximum atomic E-state index is 12.3. The van der Waals surface area contributed by atoms with E-state index in [0.717, 1.165) is 18.4 Å². The highest BCUT2D eigenvalue weighted by Gasteiger charge is 2.18. The first-order valence-corrected chi connectivity index (χ1v) is 6.11. The molecule has 0 spiro atoms. The molecule has 0 saturated heterocycles. The fraction of sp³-hybridized carbons (Fsp3) is 0.429. The Labute approximate surface area is 106 Å². The lowest BCUT2D eigenvalue weighted by atomic mass is 10.1.